The molecule has 1 amide bonds. The number of pyridine rings is 1. The largest absolute Gasteiger partial charge is 0.503 e. The number of ketones is 1. The number of aliphatic hydroxyl groups is 1. The Kier molecular flexibility index (Phi) is 4.67. The molecule has 1 aliphatic rings. The lowest BCUT2D eigenvalue weighted by molar-refractivity contribution is -0.130. The van der Waals surface area contributed by atoms with E-state index in [0.717, 1.165) is 21.4 Å². The van der Waals surface area contributed by atoms with Crippen LogP contribution in [0.1, 0.15) is 32.6 Å². The molecule has 3 aromatic heterocycles. The molecule has 0 saturated carbocycles. The SMILES string of the molecule is Cc1ccsc1C1C(C(=O)c2cc3ccccc3o2)=C(O)C(=O)N1Cc1cccnc1. The molecule has 0 radical (unpaired) electrons. The van der Waals surface area contributed by atoms with E-state index in [2.05, 4.69) is 4.98 Å². The number of aryl methyl sites for hydroxylation is 1. The van der Waals surface area contributed by atoms with Gasteiger partial charge in [-0.3, -0.25) is 14.6 Å². The van der Waals surface area contributed by atoms with Crippen LogP contribution in [0.5, 0.6) is 0 Å². The van der Waals surface area contributed by atoms with Crippen LogP contribution >= 0.6 is 11.3 Å². The second-order valence-electron chi connectivity index (χ2n) is 7.40. The Morgan fingerprint density at radius 2 is 2.06 bits per heavy atom. The van der Waals surface area contributed by atoms with E-state index < -0.39 is 23.5 Å². The fourth-order valence-electron chi connectivity index (χ4n) is 3.90. The number of aliphatic hydroxyl groups excluding tert-OH is 1. The van der Waals surface area contributed by atoms with Crippen LogP contribution in [0, 0.1) is 6.92 Å². The first-order chi connectivity index (χ1) is 15.0. The first-order valence-electron chi connectivity index (χ1n) is 9.75. The Bertz CT molecular complexity index is 1300. The molecule has 1 atom stereocenters. The summed E-state index contributed by atoms with van der Waals surface area (Å²) in [5.74, 6) is -1.51. The monoisotopic (exact) mass is 430 g/mol. The highest BCUT2D eigenvalue weighted by atomic mass is 32.1. The topological polar surface area (TPSA) is 83.6 Å². The molecular formula is C24H18N2O4S. The molecule has 1 N–H and O–H groups in total. The summed E-state index contributed by atoms with van der Waals surface area (Å²) < 4.78 is 5.74. The number of hydrogen-bond donors (Lipinski definition) is 1. The summed E-state index contributed by atoms with van der Waals surface area (Å²) in [6.07, 6.45) is 3.32. The van der Waals surface area contributed by atoms with Gasteiger partial charge in [0.2, 0.25) is 5.78 Å². The van der Waals surface area contributed by atoms with Crippen LogP contribution in [-0.4, -0.2) is 26.7 Å². The normalized spacial score (nSPS) is 16.5. The van der Waals surface area contributed by atoms with Crippen LogP contribution in [0.15, 0.2) is 82.1 Å². The standard InChI is InChI=1S/C24H18N2O4S/c1-14-8-10-31-23(14)20-19(21(27)18-11-16-6-2-3-7-17(16)30-18)22(28)24(29)26(20)13-15-5-4-9-25-12-15/h2-12,20,28H,13H2,1H3. The van der Waals surface area contributed by atoms with Crippen LogP contribution in [0.25, 0.3) is 11.0 Å². The first kappa shape index (κ1) is 19.3. The maximum absolute atomic E-state index is 13.5. The van der Waals surface area contributed by atoms with Crippen molar-refractivity contribution in [1.29, 1.82) is 0 Å². The van der Waals surface area contributed by atoms with Gasteiger partial charge in [0.15, 0.2) is 11.5 Å². The fourth-order valence-corrected chi connectivity index (χ4v) is 4.95. The number of hydrogen-bond acceptors (Lipinski definition) is 6. The highest BCUT2D eigenvalue weighted by molar-refractivity contribution is 7.10. The number of thiophene rings is 1. The van der Waals surface area contributed by atoms with E-state index in [4.69, 9.17) is 4.42 Å². The average molecular weight is 430 g/mol. The first-order valence-corrected chi connectivity index (χ1v) is 10.6. The lowest BCUT2D eigenvalue weighted by Crippen LogP contribution is -2.30. The summed E-state index contributed by atoms with van der Waals surface area (Å²) in [5, 5.41) is 13.5. The van der Waals surface area contributed by atoms with Gasteiger partial charge in [-0.1, -0.05) is 24.3 Å². The number of para-hydroxylation sites is 1. The average Bonchev–Trinajstić information content (AvgIpc) is 3.46. The van der Waals surface area contributed by atoms with Gasteiger partial charge < -0.3 is 14.4 Å². The van der Waals surface area contributed by atoms with Crippen molar-refractivity contribution < 1.29 is 19.1 Å². The molecule has 0 fully saturated rings. The van der Waals surface area contributed by atoms with Crippen molar-refractivity contribution in [3.8, 4) is 0 Å². The molecule has 1 unspecified atom stereocenters. The van der Waals surface area contributed by atoms with Gasteiger partial charge in [0.05, 0.1) is 5.57 Å². The van der Waals surface area contributed by atoms with Gasteiger partial charge in [-0.05, 0) is 47.7 Å². The van der Waals surface area contributed by atoms with Crippen molar-refractivity contribution >= 4 is 34.0 Å². The Morgan fingerprint density at radius 3 is 2.77 bits per heavy atom. The number of furan rings is 1. The second-order valence-corrected chi connectivity index (χ2v) is 8.35. The zero-order valence-electron chi connectivity index (χ0n) is 16.6. The molecule has 6 nitrogen and oxygen atoms in total. The number of carbonyl (C=O) groups is 2. The van der Waals surface area contributed by atoms with Crippen molar-refractivity contribution in [2.45, 2.75) is 19.5 Å². The van der Waals surface area contributed by atoms with E-state index in [0.29, 0.717) is 5.58 Å². The smallest absolute Gasteiger partial charge is 0.290 e. The third-order valence-electron chi connectivity index (χ3n) is 5.42. The van der Waals surface area contributed by atoms with E-state index in [9.17, 15) is 14.7 Å². The fraction of sp³-hybridized carbons (Fsp3) is 0.125. The van der Waals surface area contributed by atoms with Gasteiger partial charge in [0.1, 0.15) is 11.6 Å². The number of amides is 1. The molecule has 31 heavy (non-hydrogen) atoms. The highest BCUT2D eigenvalue weighted by Gasteiger charge is 2.45. The molecule has 5 rings (SSSR count). The number of Topliss-reactive ketones (excluding diaryl/α,β-unsaturated/α-hetero) is 1. The molecule has 0 aliphatic carbocycles. The van der Waals surface area contributed by atoms with Crippen molar-refractivity contribution in [3.63, 3.8) is 0 Å². The van der Waals surface area contributed by atoms with Gasteiger partial charge in [0, 0.05) is 29.2 Å². The minimum Gasteiger partial charge on any atom is -0.503 e. The van der Waals surface area contributed by atoms with Crippen LogP contribution in [-0.2, 0) is 11.3 Å². The quantitative estimate of drug-likeness (QED) is 0.452. The molecule has 0 spiro atoms. The minimum absolute atomic E-state index is 0.0403. The maximum Gasteiger partial charge on any atom is 0.290 e. The summed E-state index contributed by atoms with van der Waals surface area (Å²) in [7, 11) is 0. The number of nitrogens with zero attached hydrogens (tertiary/aromatic N) is 2. The van der Waals surface area contributed by atoms with Crippen molar-refractivity contribution in [2.24, 2.45) is 0 Å². The lowest BCUT2D eigenvalue weighted by Gasteiger charge is -2.26. The molecule has 0 bridgehead atoms. The van der Waals surface area contributed by atoms with Crippen molar-refractivity contribution in [2.75, 3.05) is 0 Å². The highest BCUT2D eigenvalue weighted by Crippen LogP contribution is 2.43. The summed E-state index contributed by atoms with van der Waals surface area (Å²) in [5.41, 5.74) is 2.37. The van der Waals surface area contributed by atoms with Crippen molar-refractivity contribution in [3.05, 3.63) is 99.4 Å². The number of fused-ring (bicyclic) bond motifs is 1. The predicted octanol–water partition coefficient (Wildman–Crippen LogP) is 4.98. The molecule has 0 saturated heterocycles. The van der Waals surface area contributed by atoms with E-state index in [-0.39, 0.29) is 17.9 Å². The third-order valence-corrected chi connectivity index (χ3v) is 6.49. The molecule has 1 aliphatic heterocycles. The number of benzene rings is 1. The van der Waals surface area contributed by atoms with Gasteiger partial charge >= 0.3 is 0 Å². The second kappa shape index (κ2) is 7.52. The molecule has 154 valence electrons. The summed E-state index contributed by atoms with van der Waals surface area (Å²) in [4.78, 5) is 33.0. The Labute approximate surface area is 182 Å². The van der Waals surface area contributed by atoms with Gasteiger partial charge in [-0.25, -0.2) is 0 Å². The number of aromatic nitrogens is 1. The van der Waals surface area contributed by atoms with Gasteiger partial charge in [-0.2, -0.15) is 0 Å². The van der Waals surface area contributed by atoms with Crippen LogP contribution < -0.4 is 0 Å². The van der Waals surface area contributed by atoms with E-state index >= 15 is 0 Å². The summed E-state index contributed by atoms with van der Waals surface area (Å²) in [6.45, 7) is 2.15. The summed E-state index contributed by atoms with van der Waals surface area (Å²) in [6, 6.07) is 13.8. The predicted molar refractivity (Wildman–Crippen MR) is 117 cm³/mol. The zero-order valence-corrected chi connectivity index (χ0v) is 17.4. The van der Waals surface area contributed by atoms with Gasteiger partial charge in [0.25, 0.3) is 5.91 Å². The lowest BCUT2D eigenvalue weighted by atomic mass is 9.98. The summed E-state index contributed by atoms with van der Waals surface area (Å²) >= 11 is 1.45. The molecule has 1 aromatic carbocycles. The molecule has 4 aromatic rings. The van der Waals surface area contributed by atoms with E-state index in [1.54, 1.807) is 30.6 Å². The van der Waals surface area contributed by atoms with Gasteiger partial charge in [-0.15, -0.1) is 11.3 Å². The molecule has 7 heteroatoms. The Morgan fingerprint density at radius 1 is 1.23 bits per heavy atom. The number of carbonyl (C=O) groups excluding carboxylic acids is 2. The maximum atomic E-state index is 13.5. The Hall–Kier alpha value is -3.71. The van der Waals surface area contributed by atoms with Crippen LogP contribution in [0.4, 0.5) is 0 Å². The minimum atomic E-state index is -0.701. The van der Waals surface area contributed by atoms with Crippen molar-refractivity contribution in [1.82, 2.24) is 9.88 Å². The van der Waals surface area contributed by atoms with E-state index in [1.165, 1.54) is 16.2 Å². The molecule has 4 heterocycles. The van der Waals surface area contributed by atoms with E-state index in [1.807, 2.05) is 42.6 Å². The Balaban J connectivity index is 1.60. The number of rotatable bonds is 5. The third kappa shape index (κ3) is 3.23. The van der Waals surface area contributed by atoms with Crippen LogP contribution in [0.2, 0.25) is 0 Å². The zero-order chi connectivity index (χ0) is 21.5. The molecular weight excluding hydrogens is 412 g/mol. The van der Waals surface area contributed by atoms with Crippen LogP contribution in [0.3, 0.4) is 0 Å².